The maximum Gasteiger partial charge on any atom is 0.193 e. The Morgan fingerprint density at radius 2 is 1.85 bits per heavy atom. The van der Waals surface area contributed by atoms with Crippen molar-refractivity contribution >= 4 is 27.6 Å². The van der Waals surface area contributed by atoms with Gasteiger partial charge in [0.05, 0.1) is 31.3 Å². The number of hydrogen-bond donors (Lipinski definition) is 2. The first kappa shape index (κ1) is 19.9. The third-order valence-electron chi connectivity index (χ3n) is 3.42. The van der Waals surface area contributed by atoms with Crippen molar-refractivity contribution in [1.29, 1.82) is 0 Å². The van der Waals surface area contributed by atoms with Crippen molar-refractivity contribution in [2.45, 2.75) is 26.5 Å². The van der Waals surface area contributed by atoms with Gasteiger partial charge in [0.2, 0.25) is 0 Å². The summed E-state index contributed by atoms with van der Waals surface area (Å²) in [5.74, 6) is 2.43. The van der Waals surface area contributed by atoms with E-state index in [9.17, 15) is 0 Å². The van der Waals surface area contributed by atoms with Gasteiger partial charge in [0.1, 0.15) is 5.75 Å². The summed E-state index contributed by atoms with van der Waals surface area (Å²) in [6, 6.07) is 11.4. The highest BCUT2D eigenvalue weighted by Crippen LogP contribution is 2.36. The van der Waals surface area contributed by atoms with Gasteiger partial charge in [-0.05, 0) is 71.7 Å². The lowest BCUT2D eigenvalue weighted by Crippen LogP contribution is -2.22. The maximum atomic E-state index is 5.98. The van der Waals surface area contributed by atoms with E-state index in [-0.39, 0.29) is 6.10 Å². The molecule has 0 bridgehead atoms. The van der Waals surface area contributed by atoms with Gasteiger partial charge in [0, 0.05) is 5.69 Å². The largest absolute Gasteiger partial charge is 0.493 e. The molecule has 140 valence electrons. The standard InChI is InChI=1S/C19H24BrN3O3/c1-12(2)26-15-7-5-14(6-8-15)23-19(21)22-11-13-9-16(20)18(25-4)17(10-13)24-3/h5-10,12H,11H2,1-4H3,(H3,21,22,23). The fourth-order valence-electron chi connectivity index (χ4n) is 2.32. The van der Waals surface area contributed by atoms with Gasteiger partial charge < -0.3 is 25.3 Å². The summed E-state index contributed by atoms with van der Waals surface area (Å²) >= 11 is 3.47. The summed E-state index contributed by atoms with van der Waals surface area (Å²) < 4.78 is 17.1. The molecule has 0 saturated carbocycles. The van der Waals surface area contributed by atoms with Crippen LogP contribution in [0.5, 0.6) is 17.2 Å². The van der Waals surface area contributed by atoms with Gasteiger partial charge in [0.25, 0.3) is 0 Å². The molecule has 0 fully saturated rings. The number of hydrogen-bond acceptors (Lipinski definition) is 4. The summed E-state index contributed by atoms with van der Waals surface area (Å²) in [6.45, 7) is 4.39. The van der Waals surface area contributed by atoms with Crippen molar-refractivity contribution in [1.82, 2.24) is 0 Å². The molecule has 2 rings (SSSR count). The lowest BCUT2D eigenvalue weighted by Gasteiger charge is -2.12. The van der Waals surface area contributed by atoms with Crippen molar-refractivity contribution in [2.75, 3.05) is 19.5 Å². The normalized spacial score (nSPS) is 11.4. The van der Waals surface area contributed by atoms with E-state index in [0.29, 0.717) is 24.0 Å². The number of anilines is 1. The summed E-state index contributed by atoms with van der Waals surface area (Å²) in [4.78, 5) is 4.37. The quantitative estimate of drug-likeness (QED) is 0.517. The molecule has 7 heteroatoms. The summed E-state index contributed by atoms with van der Waals surface area (Å²) in [5, 5.41) is 3.06. The molecule has 26 heavy (non-hydrogen) atoms. The number of aliphatic imine (C=N–C) groups is 1. The van der Waals surface area contributed by atoms with Gasteiger partial charge in [-0.3, -0.25) is 0 Å². The fourth-order valence-corrected chi connectivity index (χ4v) is 2.97. The van der Waals surface area contributed by atoms with Crippen molar-refractivity contribution < 1.29 is 14.2 Å². The molecule has 0 unspecified atom stereocenters. The van der Waals surface area contributed by atoms with Crippen LogP contribution in [-0.4, -0.2) is 26.3 Å². The van der Waals surface area contributed by atoms with Crippen LogP contribution in [-0.2, 0) is 6.54 Å². The minimum atomic E-state index is 0.140. The van der Waals surface area contributed by atoms with E-state index in [2.05, 4.69) is 26.2 Å². The topological polar surface area (TPSA) is 78.1 Å². The van der Waals surface area contributed by atoms with E-state index in [4.69, 9.17) is 19.9 Å². The van der Waals surface area contributed by atoms with Crippen molar-refractivity contribution in [3.8, 4) is 17.2 Å². The van der Waals surface area contributed by atoms with Crippen LogP contribution in [0.25, 0.3) is 0 Å². The van der Waals surface area contributed by atoms with Crippen LogP contribution in [0.4, 0.5) is 5.69 Å². The van der Waals surface area contributed by atoms with E-state index in [1.54, 1.807) is 14.2 Å². The highest BCUT2D eigenvalue weighted by molar-refractivity contribution is 9.10. The number of nitrogens with zero attached hydrogens (tertiary/aromatic N) is 1. The molecule has 6 nitrogen and oxygen atoms in total. The van der Waals surface area contributed by atoms with E-state index < -0.39 is 0 Å². The third kappa shape index (κ3) is 5.56. The summed E-state index contributed by atoms with van der Waals surface area (Å²) in [6.07, 6.45) is 0.140. The molecule has 0 atom stereocenters. The second kappa shape index (κ2) is 9.33. The molecule has 0 heterocycles. The van der Waals surface area contributed by atoms with Crippen LogP contribution in [0, 0.1) is 0 Å². The van der Waals surface area contributed by atoms with E-state index in [1.807, 2.05) is 50.2 Å². The molecular weight excluding hydrogens is 398 g/mol. The van der Waals surface area contributed by atoms with Gasteiger partial charge in [-0.15, -0.1) is 0 Å². The Morgan fingerprint density at radius 1 is 1.15 bits per heavy atom. The average molecular weight is 422 g/mol. The second-order valence-electron chi connectivity index (χ2n) is 5.83. The zero-order valence-electron chi connectivity index (χ0n) is 15.4. The van der Waals surface area contributed by atoms with E-state index >= 15 is 0 Å². The summed E-state index contributed by atoms with van der Waals surface area (Å²) in [5.41, 5.74) is 7.76. The Bertz CT molecular complexity index is 761. The van der Waals surface area contributed by atoms with Gasteiger partial charge >= 0.3 is 0 Å². The molecule has 3 N–H and O–H groups in total. The summed E-state index contributed by atoms with van der Waals surface area (Å²) in [7, 11) is 3.19. The van der Waals surface area contributed by atoms with E-state index in [0.717, 1.165) is 21.5 Å². The monoisotopic (exact) mass is 421 g/mol. The van der Waals surface area contributed by atoms with Crippen LogP contribution < -0.4 is 25.3 Å². The maximum absolute atomic E-state index is 5.98. The first-order valence-electron chi connectivity index (χ1n) is 8.17. The third-order valence-corrected chi connectivity index (χ3v) is 4.01. The molecule has 0 amide bonds. The Kier molecular flexibility index (Phi) is 7.15. The van der Waals surface area contributed by atoms with Crippen molar-refractivity contribution in [2.24, 2.45) is 10.7 Å². The van der Waals surface area contributed by atoms with Gasteiger partial charge in [-0.1, -0.05) is 0 Å². The number of ether oxygens (including phenoxy) is 3. The molecule has 0 saturated heterocycles. The van der Waals surface area contributed by atoms with E-state index in [1.165, 1.54) is 0 Å². The number of rotatable bonds is 7. The minimum absolute atomic E-state index is 0.140. The number of methoxy groups -OCH3 is 2. The van der Waals surface area contributed by atoms with Crippen LogP contribution in [0.3, 0.4) is 0 Å². The minimum Gasteiger partial charge on any atom is -0.493 e. The van der Waals surface area contributed by atoms with Crippen molar-refractivity contribution in [3.05, 3.63) is 46.4 Å². The van der Waals surface area contributed by atoms with Crippen molar-refractivity contribution in [3.63, 3.8) is 0 Å². The fraction of sp³-hybridized carbons (Fsp3) is 0.316. The Balaban J connectivity index is 2.03. The van der Waals surface area contributed by atoms with Crippen LogP contribution in [0.2, 0.25) is 0 Å². The average Bonchev–Trinajstić information content (AvgIpc) is 2.60. The molecule has 0 aliphatic rings. The van der Waals surface area contributed by atoms with Crippen LogP contribution in [0.15, 0.2) is 45.9 Å². The number of halogens is 1. The zero-order valence-corrected chi connectivity index (χ0v) is 17.0. The molecule has 0 aliphatic carbocycles. The number of guanidine groups is 1. The predicted molar refractivity (Wildman–Crippen MR) is 108 cm³/mol. The second-order valence-corrected chi connectivity index (χ2v) is 6.68. The first-order chi connectivity index (χ1) is 12.4. The lowest BCUT2D eigenvalue weighted by molar-refractivity contribution is 0.242. The lowest BCUT2D eigenvalue weighted by atomic mass is 10.2. The molecule has 0 aliphatic heterocycles. The predicted octanol–water partition coefficient (Wildman–Crippen LogP) is 4.18. The SMILES string of the molecule is COc1cc(CN=C(N)Nc2ccc(OC(C)C)cc2)cc(Br)c1OC. The zero-order chi connectivity index (χ0) is 19.1. The van der Waals surface area contributed by atoms with Gasteiger partial charge in [0.15, 0.2) is 17.5 Å². The Hall–Kier alpha value is -2.41. The molecule has 0 aromatic heterocycles. The molecular formula is C19H24BrN3O3. The highest BCUT2D eigenvalue weighted by atomic mass is 79.9. The number of nitrogens with one attached hydrogen (secondary N) is 1. The number of benzene rings is 2. The first-order valence-corrected chi connectivity index (χ1v) is 8.96. The Morgan fingerprint density at radius 3 is 2.42 bits per heavy atom. The van der Waals surface area contributed by atoms with Crippen LogP contribution >= 0.6 is 15.9 Å². The smallest absolute Gasteiger partial charge is 0.193 e. The van der Waals surface area contributed by atoms with Crippen LogP contribution in [0.1, 0.15) is 19.4 Å². The molecule has 2 aromatic carbocycles. The number of nitrogens with two attached hydrogens (primary N) is 1. The van der Waals surface area contributed by atoms with Gasteiger partial charge in [-0.2, -0.15) is 0 Å². The van der Waals surface area contributed by atoms with Gasteiger partial charge in [-0.25, -0.2) is 4.99 Å². The molecule has 0 spiro atoms. The molecule has 0 radical (unpaired) electrons. The molecule has 2 aromatic rings. The Labute approximate surface area is 162 Å². The highest BCUT2D eigenvalue weighted by Gasteiger charge is 2.10.